The summed E-state index contributed by atoms with van der Waals surface area (Å²) < 4.78 is 9.09. The number of nitrogen functional groups attached to an aromatic ring is 1. The summed E-state index contributed by atoms with van der Waals surface area (Å²) in [5, 5.41) is 10.9. The summed E-state index contributed by atoms with van der Waals surface area (Å²) in [6.07, 6.45) is 5.53. The van der Waals surface area contributed by atoms with Crippen LogP contribution in [0.4, 0.5) is 5.82 Å². The van der Waals surface area contributed by atoms with E-state index in [4.69, 9.17) is 15.6 Å². The third kappa shape index (κ3) is 3.68. The fraction of sp³-hybridized carbons (Fsp3) is 0.280. The molecule has 1 unspecified atom stereocenters. The van der Waals surface area contributed by atoms with E-state index in [-0.39, 0.29) is 18.0 Å². The van der Waals surface area contributed by atoms with Crippen LogP contribution in [0.5, 0.6) is 0 Å². The molecule has 0 spiro atoms. The summed E-state index contributed by atoms with van der Waals surface area (Å²) in [4.78, 5) is 18.5. The number of nitrogens with zero attached hydrogens (tertiary/aromatic N) is 6. The Morgan fingerprint density at radius 3 is 2.97 bits per heavy atom. The number of anilines is 1. The molecule has 0 saturated carbocycles. The lowest BCUT2D eigenvalue weighted by Gasteiger charge is -2.22. The van der Waals surface area contributed by atoms with E-state index in [0.717, 1.165) is 22.0 Å². The quantitative estimate of drug-likeness (QED) is 0.374. The van der Waals surface area contributed by atoms with E-state index in [9.17, 15) is 4.79 Å². The van der Waals surface area contributed by atoms with E-state index >= 15 is 0 Å². The number of rotatable bonds is 4. The highest BCUT2D eigenvalue weighted by Gasteiger charge is 2.36. The summed E-state index contributed by atoms with van der Waals surface area (Å²) in [5.41, 5.74) is 9.54. The van der Waals surface area contributed by atoms with Gasteiger partial charge in [-0.05, 0) is 42.7 Å². The van der Waals surface area contributed by atoms with Crippen LogP contribution in [-0.2, 0) is 16.6 Å². The Labute approximate surface area is 196 Å². The van der Waals surface area contributed by atoms with Gasteiger partial charge in [0.15, 0.2) is 0 Å². The number of methoxy groups -OCH3 is 1. The van der Waals surface area contributed by atoms with Gasteiger partial charge >= 0.3 is 0 Å². The average molecular weight is 456 g/mol. The number of amides is 1. The van der Waals surface area contributed by atoms with Crippen LogP contribution >= 0.6 is 0 Å². The Bertz CT molecular complexity index is 1470. The number of carbonyl (C=O) groups excluding carboxylic acids is 1. The van der Waals surface area contributed by atoms with Crippen molar-refractivity contribution < 1.29 is 9.53 Å². The van der Waals surface area contributed by atoms with Gasteiger partial charge in [-0.15, -0.1) is 0 Å². The molecular weight excluding hydrogens is 430 g/mol. The predicted molar refractivity (Wildman–Crippen MR) is 130 cm³/mol. The maximum Gasteiger partial charge on any atom is 0.246 e. The van der Waals surface area contributed by atoms with Gasteiger partial charge in [-0.25, -0.2) is 4.98 Å². The van der Waals surface area contributed by atoms with E-state index in [1.54, 1.807) is 18.2 Å². The number of hydrogen-bond acceptors (Lipinski definition) is 6. The molecule has 1 fully saturated rings. The highest BCUT2D eigenvalue weighted by Crippen LogP contribution is 2.32. The first kappa shape index (κ1) is 21.7. The van der Waals surface area contributed by atoms with E-state index in [2.05, 4.69) is 28.5 Å². The fourth-order valence-corrected chi connectivity index (χ4v) is 4.66. The number of nitrogens with two attached hydrogens (primary N) is 1. The third-order valence-corrected chi connectivity index (χ3v) is 6.28. The van der Waals surface area contributed by atoms with Gasteiger partial charge in [0, 0.05) is 37.8 Å². The van der Waals surface area contributed by atoms with Crippen molar-refractivity contribution in [3.05, 3.63) is 60.6 Å². The van der Waals surface area contributed by atoms with Crippen molar-refractivity contribution in [2.75, 3.05) is 26.0 Å². The lowest BCUT2D eigenvalue weighted by molar-refractivity contribution is -0.127. The summed E-state index contributed by atoms with van der Waals surface area (Å²) in [6, 6.07) is 7.74. The topological polar surface area (TPSA) is 104 Å². The van der Waals surface area contributed by atoms with Gasteiger partial charge in [0.05, 0.1) is 41.3 Å². The minimum Gasteiger partial charge on any atom is -0.383 e. The SMILES string of the molecule is C=CC(=O)N1CC(n2nc(C#Cc3ccc4c(cnn4C)c3)c3c(N)nccc32)C[C@@H]1COC. The van der Waals surface area contributed by atoms with Gasteiger partial charge in [-0.2, -0.15) is 10.2 Å². The summed E-state index contributed by atoms with van der Waals surface area (Å²) >= 11 is 0. The van der Waals surface area contributed by atoms with E-state index in [1.165, 1.54) is 6.08 Å². The normalized spacial score (nSPS) is 17.8. The molecule has 9 nitrogen and oxygen atoms in total. The van der Waals surface area contributed by atoms with Crippen LogP contribution in [0, 0.1) is 11.8 Å². The molecule has 34 heavy (non-hydrogen) atoms. The van der Waals surface area contributed by atoms with Gasteiger partial charge in [0.25, 0.3) is 0 Å². The summed E-state index contributed by atoms with van der Waals surface area (Å²) in [7, 11) is 3.54. The molecule has 4 heterocycles. The zero-order valence-electron chi connectivity index (χ0n) is 19.1. The molecule has 1 amide bonds. The smallest absolute Gasteiger partial charge is 0.246 e. The van der Waals surface area contributed by atoms with Crippen LogP contribution in [0.15, 0.2) is 49.3 Å². The standard InChI is InChI=1S/C25H25N7O2/c1-4-23(33)31-14-18(12-19(31)15-34-3)32-22-9-10-27-25(26)24(22)20(29-32)7-5-16-6-8-21-17(11-16)13-28-30(21)2/h4,6,8-11,13,18-19H,1,12,14-15H2,2-3H3,(H2,26,27)/t18?,19-/m1/s1. The van der Waals surface area contributed by atoms with Gasteiger partial charge in [-0.1, -0.05) is 12.5 Å². The molecule has 4 aromatic rings. The van der Waals surface area contributed by atoms with E-state index < -0.39 is 0 Å². The van der Waals surface area contributed by atoms with Gasteiger partial charge in [-0.3, -0.25) is 14.2 Å². The summed E-state index contributed by atoms with van der Waals surface area (Å²) in [6.45, 7) is 4.58. The molecule has 1 saturated heterocycles. The van der Waals surface area contributed by atoms with Gasteiger partial charge in [0.2, 0.25) is 5.91 Å². The molecule has 1 aliphatic rings. The maximum absolute atomic E-state index is 12.4. The number of likely N-dealkylation sites (tertiary alicyclic amines) is 1. The molecule has 0 bridgehead atoms. The minimum atomic E-state index is -0.118. The Kier molecular flexibility index (Phi) is 5.51. The van der Waals surface area contributed by atoms with Crippen molar-refractivity contribution in [3.8, 4) is 11.8 Å². The second-order valence-electron chi connectivity index (χ2n) is 8.37. The molecule has 1 aromatic carbocycles. The van der Waals surface area contributed by atoms with E-state index in [1.807, 2.05) is 46.9 Å². The monoisotopic (exact) mass is 455 g/mol. The van der Waals surface area contributed by atoms with E-state index in [0.29, 0.717) is 36.5 Å². The molecule has 1 aliphatic heterocycles. The molecule has 3 aromatic heterocycles. The zero-order chi connectivity index (χ0) is 23.8. The molecule has 172 valence electrons. The number of hydrogen-bond donors (Lipinski definition) is 1. The predicted octanol–water partition coefficient (Wildman–Crippen LogP) is 2.27. The van der Waals surface area contributed by atoms with Crippen LogP contribution < -0.4 is 5.73 Å². The molecule has 2 N–H and O–H groups in total. The molecule has 0 aliphatic carbocycles. The molecule has 2 atom stereocenters. The molecule has 0 radical (unpaired) electrons. The first-order valence-corrected chi connectivity index (χ1v) is 11.0. The van der Waals surface area contributed by atoms with Gasteiger partial charge < -0.3 is 15.4 Å². The number of aryl methyl sites for hydroxylation is 1. The van der Waals surface area contributed by atoms with Gasteiger partial charge in [0.1, 0.15) is 11.5 Å². The highest BCUT2D eigenvalue weighted by atomic mass is 16.5. The number of ether oxygens (including phenoxy) is 1. The van der Waals surface area contributed by atoms with Crippen molar-refractivity contribution in [2.24, 2.45) is 7.05 Å². The lowest BCUT2D eigenvalue weighted by Crippen LogP contribution is -2.37. The van der Waals surface area contributed by atoms with Crippen LogP contribution in [0.2, 0.25) is 0 Å². The number of carbonyl (C=O) groups is 1. The number of benzene rings is 1. The van der Waals surface area contributed by atoms with Crippen molar-refractivity contribution >= 4 is 33.5 Å². The zero-order valence-corrected chi connectivity index (χ0v) is 19.1. The largest absolute Gasteiger partial charge is 0.383 e. The highest BCUT2D eigenvalue weighted by molar-refractivity contribution is 5.93. The fourth-order valence-electron chi connectivity index (χ4n) is 4.66. The molecule has 5 rings (SSSR count). The first-order valence-electron chi connectivity index (χ1n) is 11.0. The van der Waals surface area contributed by atoms with Crippen LogP contribution in [0.25, 0.3) is 21.8 Å². The van der Waals surface area contributed by atoms with Crippen LogP contribution in [0.1, 0.15) is 23.7 Å². The second-order valence-corrected chi connectivity index (χ2v) is 8.37. The summed E-state index contributed by atoms with van der Waals surface area (Å²) in [5.74, 6) is 6.66. The Morgan fingerprint density at radius 2 is 2.18 bits per heavy atom. The number of fused-ring (bicyclic) bond motifs is 2. The third-order valence-electron chi connectivity index (χ3n) is 6.28. The first-order chi connectivity index (χ1) is 16.5. The molecule has 9 heteroatoms. The lowest BCUT2D eigenvalue weighted by atomic mass is 10.1. The maximum atomic E-state index is 12.4. The minimum absolute atomic E-state index is 0.0457. The van der Waals surface area contributed by atoms with Crippen LogP contribution in [-0.4, -0.2) is 61.7 Å². The molecular formula is C25H25N7O2. The van der Waals surface area contributed by atoms with Crippen molar-refractivity contribution in [3.63, 3.8) is 0 Å². The van der Waals surface area contributed by atoms with Crippen molar-refractivity contribution in [1.29, 1.82) is 0 Å². The Balaban J connectivity index is 1.54. The van der Waals surface area contributed by atoms with Crippen molar-refractivity contribution in [2.45, 2.75) is 18.5 Å². The number of pyridine rings is 1. The average Bonchev–Trinajstić information content (AvgIpc) is 3.53. The Hall–Kier alpha value is -4.16. The van der Waals surface area contributed by atoms with Crippen LogP contribution in [0.3, 0.4) is 0 Å². The van der Waals surface area contributed by atoms with Crippen molar-refractivity contribution in [1.82, 2.24) is 29.4 Å². The number of aromatic nitrogens is 5. The second kappa shape index (κ2) is 8.65. The Morgan fingerprint density at radius 1 is 1.32 bits per heavy atom.